The maximum Gasteiger partial charge on any atom is 0.321 e. The molecule has 2 rings (SSSR count). The molecule has 2 amide bonds. The second-order valence-electron chi connectivity index (χ2n) is 5.46. The lowest BCUT2D eigenvalue weighted by Crippen LogP contribution is -2.48. The lowest BCUT2D eigenvalue weighted by atomic mass is 10.0. The molecule has 4 heteroatoms. The number of carbonyl (C=O) groups excluding carboxylic acids is 1. The summed E-state index contributed by atoms with van der Waals surface area (Å²) in [5.41, 5.74) is 2.19. The summed E-state index contributed by atoms with van der Waals surface area (Å²) in [6.07, 6.45) is 1.08. The Kier molecular flexibility index (Phi) is 4.80. The lowest BCUT2D eigenvalue weighted by Gasteiger charge is -2.27. The number of anilines is 1. The van der Waals surface area contributed by atoms with Crippen LogP contribution in [0.1, 0.15) is 19.4 Å². The smallest absolute Gasteiger partial charge is 0.321 e. The van der Waals surface area contributed by atoms with Crippen LogP contribution in [0, 0.1) is 5.92 Å². The third kappa shape index (κ3) is 4.24. The average Bonchev–Trinajstić information content (AvgIpc) is 2.41. The molecule has 0 bridgehead atoms. The van der Waals surface area contributed by atoms with Crippen LogP contribution in [0.4, 0.5) is 10.5 Å². The SMILES string of the molecule is CC(C)Cc1ccc(NC(=O)N2CCNCC2)cc1. The highest BCUT2D eigenvalue weighted by atomic mass is 16.2. The standard InChI is InChI=1S/C15H23N3O/c1-12(2)11-13-3-5-14(6-4-13)17-15(19)18-9-7-16-8-10-18/h3-6,12,16H,7-11H2,1-2H3,(H,17,19). The molecule has 4 nitrogen and oxygen atoms in total. The van der Waals surface area contributed by atoms with Gasteiger partial charge in [-0.1, -0.05) is 26.0 Å². The Morgan fingerprint density at radius 2 is 1.89 bits per heavy atom. The number of rotatable bonds is 3. The topological polar surface area (TPSA) is 44.4 Å². The quantitative estimate of drug-likeness (QED) is 0.877. The number of benzene rings is 1. The number of nitrogens with zero attached hydrogens (tertiary/aromatic N) is 1. The highest BCUT2D eigenvalue weighted by Gasteiger charge is 2.15. The highest BCUT2D eigenvalue weighted by Crippen LogP contribution is 2.13. The zero-order valence-electron chi connectivity index (χ0n) is 11.8. The minimum atomic E-state index is -0.00175. The van der Waals surface area contributed by atoms with Crippen LogP contribution in [0.15, 0.2) is 24.3 Å². The van der Waals surface area contributed by atoms with Crippen molar-refractivity contribution in [1.82, 2.24) is 10.2 Å². The summed E-state index contributed by atoms with van der Waals surface area (Å²) in [5.74, 6) is 0.654. The summed E-state index contributed by atoms with van der Waals surface area (Å²) in [7, 11) is 0. The van der Waals surface area contributed by atoms with Gasteiger partial charge in [0.05, 0.1) is 0 Å². The Morgan fingerprint density at radius 3 is 2.47 bits per heavy atom. The Hall–Kier alpha value is -1.55. The van der Waals surface area contributed by atoms with Crippen molar-refractivity contribution in [3.05, 3.63) is 29.8 Å². The zero-order chi connectivity index (χ0) is 13.7. The van der Waals surface area contributed by atoms with Gasteiger partial charge in [-0.25, -0.2) is 4.79 Å². The molecule has 0 spiro atoms. The predicted octanol–water partition coefficient (Wildman–Crippen LogP) is 2.32. The molecule has 0 saturated carbocycles. The summed E-state index contributed by atoms with van der Waals surface area (Å²) >= 11 is 0. The third-order valence-corrected chi connectivity index (χ3v) is 3.25. The first kappa shape index (κ1) is 13.9. The van der Waals surface area contributed by atoms with Crippen LogP contribution in [0.25, 0.3) is 0 Å². The Balaban J connectivity index is 1.89. The minimum Gasteiger partial charge on any atom is -0.322 e. The van der Waals surface area contributed by atoms with Gasteiger partial charge in [0.2, 0.25) is 0 Å². The molecule has 0 aliphatic carbocycles. The van der Waals surface area contributed by atoms with Crippen LogP contribution in [0.2, 0.25) is 0 Å². The number of hydrogen-bond acceptors (Lipinski definition) is 2. The van der Waals surface area contributed by atoms with Crippen LogP contribution < -0.4 is 10.6 Å². The first-order valence-corrected chi connectivity index (χ1v) is 7.01. The van der Waals surface area contributed by atoms with Crippen molar-refractivity contribution in [3.63, 3.8) is 0 Å². The molecule has 104 valence electrons. The van der Waals surface area contributed by atoms with Gasteiger partial charge in [-0.05, 0) is 30.0 Å². The van der Waals surface area contributed by atoms with E-state index in [1.54, 1.807) is 0 Å². The van der Waals surface area contributed by atoms with Gasteiger partial charge in [0.25, 0.3) is 0 Å². The first-order valence-electron chi connectivity index (χ1n) is 7.01. The van der Waals surface area contributed by atoms with Gasteiger partial charge in [0.15, 0.2) is 0 Å². The van der Waals surface area contributed by atoms with E-state index < -0.39 is 0 Å². The Labute approximate surface area is 115 Å². The predicted molar refractivity (Wildman–Crippen MR) is 78.4 cm³/mol. The summed E-state index contributed by atoms with van der Waals surface area (Å²) in [6, 6.07) is 8.15. The third-order valence-electron chi connectivity index (χ3n) is 3.25. The van der Waals surface area contributed by atoms with Gasteiger partial charge in [-0.3, -0.25) is 0 Å². The van der Waals surface area contributed by atoms with Gasteiger partial charge < -0.3 is 15.5 Å². The summed E-state index contributed by atoms with van der Waals surface area (Å²) in [4.78, 5) is 13.9. The van der Waals surface area contributed by atoms with E-state index in [9.17, 15) is 4.79 Å². The van der Waals surface area contributed by atoms with Crippen molar-refractivity contribution in [1.29, 1.82) is 0 Å². The van der Waals surface area contributed by atoms with Gasteiger partial charge in [0, 0.05) is 31.9 Å². The van der Waals surface area contributed by atoms with Gasteiger partial charge in [-0.2, -0.15) is 0 Å². The Bertz CT molecular complexity index is 408. The van der Waals surface area contributed by atoms with Crippen LogP contribution in [0.3, 0.4) is 0 Å². The van der Waals surface area contributed by atoms with Gasteiger partial charge in [0.1, 0.15) is 0 Å². The average molecular weight is 261 g/mol. The molecule has 2 N–H and O–H groups in total. The van der Waals surface area contributed by atoms with Gasteiger partial charge >= 0.3 is 6.03 Å². The highest BCUT2D eigenvalue weighted by molar-refractivity contribution is 5.89. The molecule has 1 fully saturated rings. The Morgan fingerprint density at radius 1 is 1.26 bits per heavy atom. The van der Waals surface area contributed by atoms with Crippen LogP contribution in [0.5, 0.6) is 0 Å². The lowest BCUT2D eigenvalue weighted by molar-refractivity contribution is 0.204. The van der Waals surface area contributed by atoms with E-state index in [4.69, 9.17) is 0 Å². The zero-order valence-corrected chi connectivity index (χ0v) is 11.8. The normalized spacial score (nSPS) is 15.6. The monoisotopic (exact) mass is 261 g/mol. The van der Waals surface area contributed by atoms with Crippen molar-refractivity contribution in [2.45, 2.75) is 20.3 Å². The van der Waals surface area contributed by atoms with E-state index >= 15 is 0 Å². The summed E-state index contributed by atoms with van der Waals surface area (Å²) in [6.45, 7) is 7.72. The van der Waals surface area contributed by atoms with Crippen LogP contribution >= 0.6 is 0 Å². The molecule has 1 aromatic carbocycles. The molecule has 1 aliphatic rings. The fraction of sp³-hybridized carbons (Fsp3) is 0.533. The molecule has 0 radical (unpaired) electrons. The molecule has 1 aliphatic heterocycles. The molecule has 0 atom stereocenters. The number of carbonyl (C=O) groups is 1. The van der Waals surface area contributed by atoms with Crippen molar-refractivity contribution in [3.8, 4) is 0 Å². The maximum atomic E-state index is 12.0. The number of urea groups is 1. The summed E-state index contributed by atoms with van der Waals surface area (Å²) < 4.78 is 0. The molecule has 0 unspecified atom stereocenters. The molecular weight excluding hydrogens is 238 g/mol. The van der Waals surface area contributed by atoms with Crippen molar-refractivity contribution in [2.75, 3.05) is 31.5 Å². The molecule has 1 heterocycles. The second-order valence-corrected chi connectivity index (χ2v) is 5.46. The molecule has 1 aromatic rings. The van der Waals surface area contributed by atoms with Crippen molar-refractivity contribution >= 4 is 11.7 Å². The maximum absolute atomic E-state index is 12.0. The van der Waals surface area contributed by atoms with Crippen LogP contribution in [-0.4, -0.2) is 37.1 Å². The number of nitrogens with one attached hydrogen (secondary N) is 2. The van der Waals surface area contributed by atoms with Crippen molar-refractivity contribution in [2.24, 2.45) is 5.92 Å². The second kappa shape index (κ2) is 6.57. The van der Waals surface area contributed by atoms with E-state index in [0.717, 1.165) is 38.3 Å². The van der Waals surface area contributed by atoms with E-state index in [1.165, 1.54) is 5.56 Å². The largest absolute Gasteiger partial charge is 0.322 e. The molecule has 19 heavy (non-hydrogen) atoms. The van der Waals surface area contributed by atoms with E-state index in [1.807, 2.05) is 17.0 Å². The van der Waals surface area contributed by atoms with E-state index in [-0.39, 0.29) is 6.03 Å². The molecule has 0 aromatic heterocycles. The number of amides is 2. The number of piperazine rings is 1. The van der Waals surface area contributed by atoms with E-state index in [2.05, 4.69) is 36.6 Å². The van der Waals surface area contributed by atoms with Crippen molar-refractivity contribution < 1.29 is 4.79 Å². The summed E-state index contributed by atoms with van der Waals surface area (Å²) in [5, 5.41) is 6.19. The van der Waals surface area contributed by atoms with E-state index in [0.29, 0.717) is 5.92 Å². The fourth-order valence-corrected chi connectivity index (χ4v) is 2.27. The first-order chi connectivity index (χ1) is 9.15. The van der Waals surface area contributed by atoms with Gasteiger partial charge in [-0.15, -0.1) is 0 Å². The van der Waals surface area contributed by atoms with Crippen LogP contribution in [-0.2, 0) is 6.42 Å². The minimum absolute atomic E-state index is 0.00175. The fourth-order valence-electron chi connectivity index (χ4n) is 2.27. The molecular formula is C15H23N3O. The molecule has 1 saturated heterocycles. The number of hydrogen-bond donors (Lipinski definition) is 2.